The molecule has 1 aliphatic heterocycles. The van der Waals surface area contributed by atoms with Crippen molar-refractivity contribution in [3.8, 4) is 10.4 Å². The molecule has 2 heterocycles. The quantitative estimate of drug-likeness (QED) is 0.706. The van der Waals surface area contributed by atoms with Crippen LogP contribution in [0.5, 0.6) is 0 Å². The number of primary amides is 1. The highest BCUT2D eigenvalue weighted by Gasteiger charge is 2.43. The maximum absolute atomic E-state index is 12.9. The van der Waals surface area contributed by atoms with Gasteiger partial charge in [0.05, 0.1) is 13.2 Å². The topological polar surface area (TPSA) is 72.6 Å². The van der Waals surface area contributed by atoms with E-state index in [9.17, 15) is 9.59 Å². The van der Waals surface area contributed by atoms with E-state index in [-0.39, 0.29) is 19.1 Å². The molecule has 148 valence electrons. The van der Waals surface area contributed by atoms with Gasteiger partial charge in [-0.1, -0.05) is 48.5 Å². The van der Waals surface area contributed by atoms with Gasteiger partial charge in [0.15, 0.2) is 5.60 Å². The Labute approximate surface area is 173 Å². The van der Waals surface area contributed by atoms with Crippen LogP contribution >= 0.6 is 11.3 Å². The summed E-state index contributed by atoms with van der Waals surface area (Å²) in [6.07, 6.45) is 0.325. The average Bonchev–Trinajstić information content (AvgIpc) is 3.29. The lowest BCUT2D eigenvalue weighted by Crippen LogP contribution is -2.61. The summed E-state index contributed by atoms with van der Waals surface area (Å²) >= 11 is 1.68. The monoisotopic (exact) mass is 406 g/mol. The highest BCUT2D eigenvalue weighted by atomic mass is 32.1. The molecule has 2 N–H and O–H groups in total. The van der Waals surface area contributed by atoms with Crippen molar-refractivity contribution >= 4 is 23.2 Å². The molecule has 1 atom stereocenters. The fourth-order valence-corrected chi connectivity index (χ4v) is 4.36. The molecule has 1 fully saturated rings. The summed E-state index contributed by atoms with van der Waals surface area (Å²) < 4.78 is 5.88. The molecular formula is C23H22N2O3S. The lowest BCUT2D eigenvalue weighted by Gasteiger charge is -2.40. The molecule has 1 saturated heterocycles. The van der Waals surface area contributed by atoms with Gasteiger partial charge in [0, 0.05) is 23.4 Å². The fourth-order valence-electron chi connectivity index (χ4n) is 3.62. The summed E-state index contributed by atoms with van der Waals surface area (Å²) in [5, 5.41) is 2.04. The van der Waals surface area contributed by atoms with Crippen molar-refractivity contribution in [3.05, 3.63) is 83.2 Å². The molecule has 4 rings (SSSR count). The van der Waals surface area contributed by atoms with Crippen LogP contribution < -0.4 is 5.73 Å². The van der Waals surface area contributed by atoms with Crippen molar-refractivity contribution in [2.24, 2.45) is 5.73 Å². The van der Waals surface area contributed by atoms with Crippen LogP contribution in [0.15, 0.2) is 72.1 Å². The number of thiophene rings is 1. The van der Waals surface area contributed by atoms with E-state index in [0.717, 1.165) is 11.1 Å². The first-order chi connectivity index (χ1) is 14.1. The normalized spacial score (nSPS) is 19.1. The van der Waals surface area contributed by atoms with Gasteiger partial charge >= 0.3 is 0 Å². The highest BCUT2D eigenvalue weighted by molar-refractivity contribution is 7.13. The number of hydrogen-bond acceptors (Lipinski definition) is 4. The lowest BCUT2D eigenvalue weighted by molar-refractivity contribution is -0.153. The maximum Gasteiger partial charge on any atom is 0.254 e. The molecule has 0 radical (unpaired) electrons. The van der Waals surface area contributed by atoms with Crippen molar-refractivity contribution < 1.29 is 14.3 Å². The molecule has 29 heavy (non-hydrogen) atoms. The third kappa shape index (κ3) is 4.09. The summed E-state index contributed by atoms with van der Waals surface area (Å²) in [6.45, 7) is 0.845. The average molecular weight is 407 g/mol. The molecule has 3 aromatic rings. The Morgan fingerprint density at radius 2 is 1.79 bits per heavy atom. The smallest absolute Gasteiger partial charge is 0.254 e. The van der Waals surface area contributed by atoms with Gasteiger partial charge in [-0.25, -0.2) is 0 Å². The summed E-state index contributed by atoms with van der Waals surface area (Å²) in [7, 11) is 0. The molecule has 2 aromatic carbocycles. The van der Waals surface area contributed by atoms with Gasteiger partial charge < -0.3 is 15.4 Å². The van der Waals surface area contributed by atoms with E-state index in [1.807, 2.05) is 53.9 Å². The number of hydrogen-bond donors (Lipinski definition) is 1. The molecule has 0 unspecified atom stereocenters. The first kappa shape index (κ1) is 19.4. The molecule has 0 spiro atoms. The van der Waals surface area contributed by atoms with Crippen LogP contribution in [0.1, 0.15) is 15.9 Å². The number of benzene rings is 2. The molecular weight excluding hydrogens is 384 g/mol. The lowest BCUT2D eigenvalue weighted by atomic mass is 9.91. The Hall–Kier alpha value is -2.96. The van der Waals surface area contributed by atoms with Crippen molar-refractivity contribution in [1.82, 2.24) is 4.90 Å². The summed E-state index contributed by atoms with van der Waals surface area (Å²) in [5.74, 6) is -0.669. The number of carbonyl (C=O) groups excluding carboxylic acids is 2. The predicted octanol–water partition coefficient (Wildman–Crippen LogP) is 3.35. The Kier molecular flexibility index (Phi) is 5.47. The Balaban J connectivity index is 1.54. The van der Waals surface area contributed by atoms with Crippen molar-refractivity contribution in [3.63, 3.8) is 0 Å². The second kappa shape index (κ2) is 8.19. The standard InChI is InChI=1S/C23H22N2O3S/c24-22(27)23(15-17-8-10-18(11-9-17)20-7-4-14-29-20)16-25(12-13-28-23)21(26)19-5-2-1-3-6-19/h1-11,14H,12-13,15-16H2,(H2,24,27)/t23-/m0/s1. The predicted molar refractivity (Wildman–Crippen MR) is 114 cm³/mol. The van der Waals surface area contributed by atoms with E-state index in [1.54, 1.807) is 28.4 Å². The van der Waals surface area contributed by atoms with Gasteiger partial charge in [0.25, 0.3) is 11.8 Å². The van der Waals surface area contributed by atoms with Gasteiger partial charge in [0.2, 0.25) is 0 Å². The molecule has 0 saturated carbocycles. The first-order valence-electron chi connectivity index (χ1n) is 9.48. The number of carbonyl (C=O) groups is 2. The van der Waals surface area contributed by atoms with Crippen molar-refractivity contribution in [2.45, 2.75) is 12.0 Å². The van der Waals surface area contributed by atoms with Crippen molar-refractivity contribution in [1.29, 1.82) is 0 Å². The third-order valence-corrected chi connectivity index (χ3v) is 6.11. The molecule has 0 aliphatic carbocycles. The minimum atomic E-state index is -1.23. The summed E-state index contributed by atoms with van der Waals surface area (Å²) in [5.41, 5.74) is 7.19. The van der Waals surface area contributed by atoms with E-state index < -0.39 is 11.5 Å². The fraction of sp³-hybridized carbons (Fsp3) is 0.217. The zero-order chi connectivity index (χ0) is 20.3. The second-order valence-corrected chi connectivity index (χ2v) is 8.10. The Morgan fingerprint density at radius 1 is 1.03 bits per heavy atom. The van der Waals surface area contributed by atoms with Crippen LogP contribution in [-0.2, 0) is 16.0 Å². The number of rotatable bonds is 5. The second-order valence-electron chi connectivity index (χ2n) is 7.15. The first-order valence-corrected chi connectivity index (χ1v) is 10.4. The number of nitrogens with zero attached hydrogens (tertiary/aromatic N) is 1. The van der Waals surface area contributed by atoms with Gasteiger partial charge in [0.1, 0.15) is 0 Å². The number of morpholine rings is 1. The summed E-state index contributed by atoms with van der Waals surface area (Å²) in [6, 6.07) is 21.2. The highest BCUT2D eigenvalue weighted by Crippen LogP contribution is 2.28. The van der Waals surface area contributed by atoms with Gasteiger partial charge in [-0.05, 0) is 34.7 Å². The van der Waals surface area contributed by atoms with Crippen LogP contribution in [0.3, 0.4) is 0 Å². The largest absolute Gasteiger partial charge is 0.367 e. The van der Waals surface area contributed by atoms with Crippen LogP contribution in [0.25, 0.3) is 10.4 Å². The SMILES string of the molecule is NC(=O)[C@]1(Cc2ccc(-c3cccs3)cc2)CN(C(=O)c2ccccc2)CCO1. The molecule has 0 bridgehead atoms. The molecule has 2 amide bonds. The minimum absolute atomic E-state index is 0.118. The zero-order valence-electron chi connectivity index (χ0n) is 15.9. The maximum atomic E-state index is 12.9. The molecule has 1 aromatic heterocycles. The summed E-state index contributed by atoms with van der Waals surface area (Å²) in [4.78, 5) is 28.1. The number of nitrogens with two attached hydrogens (primary N) is 1. The zero-order valence-corrected chi connectivity index (χ0v) is 16.7. The van der Waals surface area contributed by atoms with Gasteiger partial charge in [-0.3, -0.25) is 9.59 Å². The van der Waals surface area contributed by atoms with E-state index in [1.165, 1.54) is 4.88 Å². The Bertz CT molecular complexity index is 987. The van der Waals surface area contributed by atoms with Crippen LogP contribution in [0.4, 0.5) is 0 Å². The minimum Gasteiger partial charge on any atom is -0.367 e. The molecule has 5 nitrogen and oxygen atoms in total. The van der Waals surface area contributed by atoms with E-state index >= 15 is 0 Å². The van der Waals surface area contributed by atoms with Crippen LogP contribution in [-0.4, -0.2) is 42.0 Å². The van der Waals surface area contributed by atoms with E-state index in [0.29, 0.717) is 18.5 Å². The van der Waals surface area contributed by atoms with Crippen LogP contribution in [0.2, 0.25) is 0 Å². The molecule has 6 heteroatoms. The number of amides is 2. The van der Waals surface area contributed by atoms with Crippen LogP contribution in [0, 0.1) is 0 Å². The van der Waals surface area contributed by atoms with Crippen molar-refractivity contribution in [2.75, 3.05) is 19.7 Å². The van der Waals surface area contributed by atoms with Gasteiger partial charge in [-0.2, -0.15) is 0 Å². The molecule has 1 aliphatic rings. The third-order valence-electron chi connectivity index (χ3n) is 5.19. The van der Waals surface area contributed by atoms with E-state index in [4.69, 9.17) is 10.5 Å². The van der Waals surface area contributed by atoms with Gasteiger partial charge in [-0.15, -0.1) is 11.3 Å². The number of ether oxygens (including phenoxy) is 1. The van der Waals surface area contributed by atoms with E-state index in [2.05, 4.69) is 6.07 Å². The Morgan fingerprint density at radius 3 is 2.45 bits per heavy atom.